The van der Waals surface area contributed by atoms with Crippen molar-refractivity contribution in [3.63, 3.8) is 0 Å². The van der Waals surface area contributed by atoms with E-state index in [1.54, 1.807) is 36.8 Å². The van der Waals surface area contributed by atoms with Gasteiger partial charge < -0.3 is 44.5 Å². The number of oxazole rings is 2. The predicted octanol–water partition coefficient (Wildman–Crippen LogP) is 13.0. The summed E-state index contributed by atoms with van der Waals surface area (Å²) >= 11 is 25.2. The fraction of sp³-hybridized carbons (Fsp3) is 0.429. The summed E-state index contributed by atoms with van der Waals surface area (Å²) in [6.45, 7) is 9.96. The van der Waals surface area contributed by atoms with Gasteiger partial charge in [0.15, 0.2) is 0 Å². The molecule has 19 heteroatoms. The Morgan fingerprint density at radius 2 is 1.08 bits per heavy atom. The van der Waals surface area contributed by atoms with Crippen LogP contribution in [0.25, 0.3) is 22.9 Å². The van der Waals surface area contributed by atoms with Crippen LogP contribution in [0.3, 0.4) is 0 Å². The van der Waals surface area contributed by atoms with Gasteiger partial charge in [-0.15, -0.1) is 46.4 Å². The van der Waals surface area contributed by atoms with Gasteiger partial charge in [0.2, 0.25) is 23.6 Å². The third kappa shape index (κ3) is 24.7. The van der Waals surface area contributed by atoms with E-state index in [-0.39, 0.29) is 5.75 Å². The molecule has 2 fully saturated rings. The number of halogens is 5. The second kappa shape index (κ2) is 36.9. The predicted molar refractivity (Wildman–Crippen MR) is 305 cm³/mol. The molecule has 1 atom stereocenters. The second-order valence-corrected chi connectivity index (χ2v) is 19.5. The maximum Gasteiger partial charge on any atom is 0.248 e. The molecular weight excluding hydrogens is 1110 g/mol. The molecule has 2 saturated heterocycles. The minimum atomic E-state index is -0.486. The fourth-order valence-corrected chi connectivity index (χ4v) is 8.46. The number of hydrogen-bond donors (Lipinski definition) is 3. The van der Waals surface area contributed by atoms with Crippen molar-refractivity contribution in [2.24, 2.45) is 11.5 Å². The van der Waals surface area contributed by atoms with E-state index in [0.717, 1.165) is 103 Å². The van der Waals surface area contributed by atoms with Crippen LogP contribution in [-0.4, -0.2) is 112 Å². The Balaban J connectivity index is 0.000000224. The standard InChI is InChI=1S/C23H33N3O2.C13H13Cl2NO2.C10H12ClNO2.C7H7NO2.C3H6BrCl/c1-19-7-5-15-26(19)17-21-18-28-23(24-21)20-8-10-22(11-9-20)27-16-6-14-25-12-3-2-4-13-25;14-6-1-7-17-12-4-2-10(3-5-12)13-16-11(8-15)9-18-13;11-6-1-7-14-9-4-2-8(3-5-9)10(12)13;8-7(10)5-1-3-6(9)4-2-5;4-2-1-3-5/h8-11,18-19H,2-7,12-17H2,1H3;2-5,9H,1,6-8H2;2-5H,1,6-7H2,(H2,12,13);1-4,9H,(H2,8,10);1-3H2. The van der Waals surface area contributed by atoms with Crippen LogP contribution in [0, 0.1) is 0 Å². The summed E-state index contributed by atoms with van der Waals surface area (Å²) in [6.07, 6.45) is 13.8. The maximum atomic E-state index is 10.7. The number of piperidine rings is 1. The van der Waals surface area contributed by atoms with Gasteiger partial charge >= 0.3 is 0 Å². The molecule has 6 aromatic rings. The number of rotatable bonds is 22. The van der Waals surface area contributed by atoms with E-state index >= 15 is 0 Å². The molecule has 5 N–H and O–H groups in total. The largest absolute Gasteiger partial charge is 0.508 e. The number of benzene rings is 4. The monoisotopic (exact) mass is 1170 g/mol. The Kier molecular flexibility index (Phi) is 30.8. The number of carbonyl (C=O) groups is 2. The normalized spacial score (nSPS) is 14.1. The third-order valence-corrected chi connectivity index (χ3v) is 13.1. The number of phenolic OH excluding ortho intramolecular Hbond substituents is 1. The van der Waals surface area contributed by atoms with Gasteiger partial charge in [-0.25, -0.2) is 9.97 Å². The molecule has 75 heavy (non-hydrogen) atoms. The van der Waals surface area contributed by atoms with Crippen LogP contribution in [0.5, 0.6) is 23.0 Å². The molecule has 0 aliphatic carbocycles. The van der Waals surface area contributed by atoms with E-state index in [0.29, 0.717) is 59.8 Å². The number of carbonyl (C=O) groups excluding carboxylic acids is 2. The molecule has 0 saturated carbocycles. The minimum absolute atomic E-state index is 0.130. The van der Waals surface area contributed by atoms with Gasteiger partial charge in [0.1, 0.15) is 35.5 Å². The number of aromatic hydroxyl groups is 1. The van der Waals surface area contributed by atoms with Gasteiger partial charge in [-0.2, -0.15) is 0 Å². The van der Waals surface area contributed by atoms with Crippen molar-refractivity contribution in [3.8, 4) is 45.9 Å². The van der Waals surface area contributed by atoms with Crippen molar-refractivity contribution in [1.82, 2.24) is 19.8 Å². The lowest BCUT2D eigenvalue weighted by Gasteiger charge is -2.26. The zero-order chi connectivity index (χ0) is 54.0. The molecular formula is C56H71BrCl4N6O8. The molecule has 8 rings (SSSR count). The number of likely N-dealkylation sites (tertiary alicyclic amines) is 2. The van der Waals surface area contributed by atoms with Gasteiger partial charge in [0, 0.05) is 64.4 Å². The molecule has 14 nitrogen and oxygen atoms in total. The number of nitrogens with zero attached hydrogens (tertiary/aromatic N) is 4. The third-order valence-electron chi connectivity index (χ3n) is 11.5. The highest BCUT2D eigenvalue weighted by Crippen LogP contribution is 2.26. The Bertz CT molecular complexity index is 2460. The first-order valence-electron chi connectivity index (χ1n) is 25.2. The Labute approximate surface area is 470 Å². The molecule has 2 amide bonds. The van der Waals surface area contributed by atoms with Gasteiger partial charge in [-0.05, 0) is 175 Å². The Morgan fingerprint density at radius 1 is 0.627 bits per heavy atom. The summed E-state index contributed by atoms with van der Waals surface area (Å²) < 4.78 is 27.8. The summed E-state index contributed by atoms with van der Waals surface area (Å²) in [6, 6.07) is 28.8. The molecule has 0 bridgehead atoms. The lowest BCUT2D eigenvalue weighted by Crippen LogP contribution is -2.31. The smallest absolute Gasteiger partial charge is 0.248 e. The summed E-state index contributed by atoms with van der Waals surface area (Å²) in [7, 11) is 0. The number of nitrogens with two attached hydrogens (primary N) is 2. The van der Waals surface area contributed by atoms with Gasteiger partial charge in [0.05, 0.1) is 37.1 Å². The second-order valence-electron chi connectivity index (χ2n) is 17.3. The van der Waals surface area contributed by atoms with E-state index in [9.17, 15) is 9.59 Å². The van der Waals surface area contributed by atoms with Crippen molar-refractivity contribution in [3.05, 3.63) is 132 Å². The number of amides is 2. The highest BCUT2D eigenvalue weighted by Gasteiger charge is 2.21. The topological polar surface area (TPSA) is 193 Å². The minimum Gasteiger partial charge on any atom is -0.508 e. The van der Waals surface area contributed by atoms with E-state index in [4.69, 9.17) is 86.0 Å². The molecule has 4 aromatic carbocycles. The molecule has 1 unspecified atom stereocenters. The van der Waals surface area contributed by atoms with Crippen LogP contribution in [0.1, 0.15) is 96.8 Å². The van der Waals surface area contributed by atoms with Crippen LogP contribution < -0.4 is 25.7 Å². The van der Waals surface area contributed by atoms with Crippen molar-refractivity contribution >= 4 is 74.1 Å². The number of alkyl halides is 5. The lowest BCUT2D eigenvalue weighted by molar-refractivity contribution is 0.0991. The summed E-state index contributed by atoms with van der Waals surface area (Å²) in [4.78, 5) is 35.1. The van der Waals surface area contributed by atoms with Crippen molar-refractivity contribution in [1.29, 1.82) is 0 Å². The summed E-state index contributed by atoms with van der Waals surface area (Å²) in [5, 5.41) is 9.81. The number of aromatic nitrogens is 2. The Hall–Kier alpha value is -5.00. The van der Waals surface area contributed by atoms with Gasteiger partial charge in [-0.1, -0.05) is 22.4 Å². The molecule has 2 aromatic heterocycles. The fourth-order valence-electron chi connectivity index (χ4n) is 7.38. The van der Waals surface area contributed by atoms with E-state index in [1.165, 1.54) is 69.5 Å². The number of primary amides is 2. The van der Waals surface area contributed by atoms with Crippen LogP contribution >= 0.6 is 62.3 Å². The Morgan fingerprint density at radius 3 is 1.49 bits per heavy atom. The van der Waals surface area contributed by atoms with Crippen molar-refractivity contribution in [2.75, 3.05) is 69.0 Å². The first kappa shape index (κ1) is 62.5. The molecule has 2 aliphatic rings. The number of ether oxygens (including phenoxy) is 3. The first-order chi connectivity index (χ1) is 36.5. The van der Waals surface area contributed by atoms with E-state index in [2.05, 4.69) is 42.6 Å². The maximum absolute atomic E-state index is 10.7. The highest BCUT2D eigenvalue weighted by atomic mass is 79.9. The van der Waals surface area contributed by atoms with Crippen molar-refractivity contribution in [2.45, 2.75) is 83.2 Å². The van der Waals surface area contributed by atoms with Crippen molar-refractivity contribution < 1.29 is 37.7 Å². The first-order valence-corrected chi connectivity index (χ1v) is 28.5. The molecule has 408 valence electrons. The quantitative estimate of drug-likeness (QED) is 0.0431. The van der Waals surface area contributed by atoms with E-state index in [1.807, 2.05) is 48.5 Å². The molecule has 0 spiro atoms. The summed E-state index contributed by atoms with van der Waals surface area (Å²) in [5.41, 5.74) is 14.6. The SMILES string of the molecule is CC1CCCN1Cc1coc(-c2ccc(OCCCN3CCCCC3)cc2)n1.ClCCCBr.ClCCCOc1ccc(-c2nc(CCl)co2)cc1.NC(=O)c1ccc(O)cc1.NC(=O)c1ccc(OCCCCl)cc1. The average Bonchev–Trinajstić information content (AvgIpc) is 4.22. The molecule has 2 aliphatic heterocycles. The van der Waals surface area contributed by atoms with Gasteiger partial charge in [0.25, 0.3) is 0 Å². The van der Waals surface area contributed by atoms with E-state index < -0.39 is 11.8 Å². The summed E-state index contributed by atoms with van der Waals surface area (Å²) in [5.74, 6) is 5.23. The van der Waals surface area contributed by atoms with Crippen LogP contribution in [0.2, 0.25) is 0 Å². The van der Waals surface area contributed by atoms with Gasteiger partial charge in [-0.3, -0.25) is 14.5 Å². The van der Waals surface area contributed by atoms with Crippen LogP contribution in [-0.2, 0) is 12.4 Å². The number of phenols is 1. The number of hydrogen-bond acceptors (Lipinski definition) is 12. The highest BCUT2D eigenvalue weighted by molar-refractivity contribution is 9.09. The average molecular weight is 1180 g/mol. The molecule has 4 heterocycles. The molecule has 0 radical (unpaired) electrons. The van der Waals surface area contributed by atoms with Crippen LogP contribution in [0.4, 0.5) is 0 Å². The lowest BCUT2D eigenvalue weighted by atomic mass is 10.1. The zero-order valence-electron chi connectivity index (χ0n) is 42.7. The zero-order valence-corrected chi connectivity index (χ0v) is 47.3. The van der Waals surface area contributed by atoms with Crippen LogP contribution in [0.15, 0.2) is 118 Å².